The number of benzene rings is 1. The Balaban J connectivity index is 2.74. The highest BCUT2D eigenvalue weighted by Gasteiger charge is 2.11. The molecule has 0 amide bonds. The molecule has 1 unspecified atom stereocenters. The molecular formula is C14H17BrClN. The van der Waals surface area contributed by atoms with E-state index in [-0.39, 0.29) is 0 Å². The van der Waals surface area contributed by atoms with Crippen molar-refractivity contribution in [3.05, 3.63) is 33.3 Å². The molecule has 0 aliphatic carbocycles. The smallest absolute Gasteiger partial charge is 0.0548 e. The fourth-order valence-electron chi connectivity index (χ4n) is 1.77. The van der Waals surface area contributed by atoms with E-state index in [0.29, 0.717) is 6.04 Å². The van der Waals surface area contributed by atoms with E-state index in [1.807, 2.05) is 6.07 Å². The van der Waals surface area contributed by atoms with E-state index < -0.39 is 0 Å². The minimum atomic E-state index is 0.349. The summed E-state index contributed by atoms with van der Waals surface area (Å²) in [5, 5.41) is 4.22. The largest absolute Gasteiger partial charge is 0.310 e. The van der Waals surface area contributed by atoms with Crippen LogP contribution in [0.25, 0.3) is 0 Å². The molecule has 0 fully saturated rings. The summed E-state index contributed by atoms with van der Waals surface area (Å²) in [6, 6.07) is 6.41. The van der Waals surface area contributed by atoms with E-state index in [2.05, 4.69) is 46.2 Å². The molecule has 0 aliphatic heterocycles. The van der Waals surface area contributed by atoms with Gasteiger partial charge in [0.2, 0.25) is 0 Å². The van der Waals surface area contributed by atoms with E-state index in [9.17, 15) is 0 Å². The van der Waals surface area contributed by atoms with E-state index in [1.54, 1.807) is 0 Å². The molecule has 0 radical (unpaired) electrons. The lowest BCUT2D eigenvalue weighted by Gasteiger charge is -2.18. The van der Waals surface area contributed by atoms with Crippen LogP contribution in [0.3, 0.4) is 0 Å². The molecular weight excluding hydrogens is 298 g/mol. The maximum atomic E-state index is 6.00. The highest BCUT2D eigenvalue weighted by atomic mass is 79.9. The van der Waals surface area contributed by atoms with Gasteiger partial charge in [0.15, 0.2) is 0 Å². The van der Waals surface area contributed by atoms with Crippen LogP contribution in [0.4, 0.5) is 0 Å². The van der Waals surface area contributed by atoms with Gasteiger partial charge in [-0.1, -0.05) is 24.6 Å². The summed E-state index contributed by atoms with van der Waals surface area (Å²) in [5.41, 5.74) is 1.25. The predicted octanol–water partition coefficient (Wildman–Crippen LogP) is 4.56. The second-order valence-corrected chi connectivity index (χ2v) is 5.14. The molecule has 0 saturated heterocycles. The maximum absolute atomic E-state index is 6.00. The van der Waals surface area contributed by atoms with Gasteiger partial charge in [0, 0.05) is 16.9 Å². The fraction of sp³-hybridized carbons (Fsp3) is 0.429. The van der Waals surface area contributed by atoms with Crippen LogP contribution in [-0.4, -0.2) is 6.54 Å². The number of unbranched alkanes of at least 4 members (excludes halogenated alkanes) is 1. The Hall–Kier alpha value is -0.490. The standard InChI is InChI=1S/C14H17BrClN/c1-3-5-6-7-14(17-4-2)11-8-9-13(16)12(15)10-11/h1,8-10,14,17H,4-7H2,2H3. The van der Waals surface area contributed by atoms with Crippen LogP contribution in [0.1, 0.15) is 37.8 Å². The first-order chi connectivity index (χ1) is 8.19. The Kier molecular flexibility index (Phi) is 6.65. The molecule has 1 aromatic rings. The van der Waals surface area contributed by atoms with Gasteiger partial charge in [-0.05, 0) is 53.0 Å². The van der Waals surface area contributed by atoms with Gasteiger partial charge in [0.05, 0.1) is 5.02 Å². The van der Waals surface area contributed by atoms with Crippen LogP contribution in [0.2, 0.25) is 5.02 Å². The first-order valence-electron chi connectivity index (χ1n) is 5.80. The second-order valence-electron chi connectivity index (χ2n) is 3.88. The van der Waals surface area contributed by atoms with Crippen molar-refractivity contribution in [3.63, 3.8) is 0 Å². The van der Waals surface area contributed by atoms with Crippen LogP contribution in [0.5, 0.6) is 0 Å². The number of nitrogens with one attached hydrogen (secondary N) is 1. The van der Waals surface area contributed by atoms with Gasteiger partial charge in [0.25, 0.3) is 0 Å². The number of terminal acetylenes is 1. The lowest BCUT2D eigenvalue weighted by Crippen LogP contribution is -2.20. The minimum absolute atomic E-state index is 0.349. The first-order valence-corrected chi connectivity index (χ1v) is 6.98. The van der Waals surface area contributed by atoms with E-state index in [0.717, 1.165) is 35.3 Å². The molecule has 0 aromatic heterocycles. The van der Waals surface area contributed by atoms with Crippen molar-refractivity contribution in [2.75, 3.05) is 6.54 Å². The van der Waals surface area contributed by atoms with Crippen molar-refractivity contribution in [1.82, 2.24) is 5.32 Å². The van der Waals surface area contributed by atoms with Crippen LogP contribution in [0.15, 0.2) is 22.7 Å². The fourth-order valence-corrected chi connectivity index (χ4v) is 2.28. The predicted molar refractivity (Wildman–Crippen MR) is 78.3 cm³/mol. The van der Waals surface area contributed by atoms with Crippen molar-refractivity contribution in [1.29, 1.82) is 0 Å². The van der Waals surface area contributed by atoms with Gasteiger partial charge >= 0.3 is 0 Å². The highest BCUT2D eigenvalue weighted by Crippen LogP contribution is 2.28. The minimum Gasteiger partial charge on any atom is -0.310 e. The molecule has 0 bridgehead atoms. The molecule has 1 nitrogen and oxygen atoms in total. The molecule has 0 spiro atoms. The van der Waals surface area contributed by atoms with Gasteiger partial charge in [-0.3, -0.25) is 0 Å². The van der Waals surface area contributed by atoms with Crippen LogP contribution < -0.4 is 5.32 Å². The summed E-state index contributed by atoms with van der Waals surface area (Å²) in [6.07, 6.45) is 8.19. The number of hydrogen-bond acceptors (Lipinski definition) is 1. The van der Waals surface area contributed by atoms with E-state index in [1.165, 1.54) is 5.56 Å². The average Bonchev–Trinajstić information content (AvgIpc) is 2.32. The maximum Gasteiger partial charge on any atom is 0.0548 e. The van der Waals surface area contributed by atoms with Crippen molar-refractivity contribution < 1.29 is 0 Å². The third-order valence-corrected chi connectivity index (χ3v) is 3.82. The van der Waals surface area contributed by atoms with Crippen molar-refractivity contribution in [2.24, 2.45) is 0 Å². The molecule has 1 N–H and O–H groups in total. The Labute approximate surface area is 117 Å². The van der Waals surface area contributed by atoms with Crippen LogP contribution in [-0.2, 0) is 0 Å². The van der Waals surface area contributed by atoms with Gasteiger partial charge < -0.3 is 5.32 Å². The molecule has 0 aliphatic rings. The zero-order valence-electron chi connectivity index (χ0n) is 9.97. The summed E-state index contributed by atoms with van der Waals surface area (Å²) < 4.78 is 0.941. The Morgan fingerprint density at radius 3 is 2.88 bits per heavy atom. The molecule has 0 saturated carbocycles. The molecule has 0 heterocycles. The summed E-state index contributed by atoms with van der Waals surface area (Å²) >= 11 is 9.45. The third-order valence-electron chi connectivity index (χ3n) is 2.61. The van der Waals surface area contributed by atoms with E-state index >= 15 is 0 Å². The SMILES string of the molecule is C#CCCCC(NCC)c1ccc(Cl)c(Br)c1. The molecule has 3 heteroatoms. The van der Waals surface area contributed by atoms with Gasteiger partial charge in [-0.15, -0.1) is 12.3 Å². The number of halogens is 2. The number of rotatable bonds is 6. The lowest BCUT2D eigenvalue weighted by molar-refractivity contribution is 0.501. The Bertz CT molecular complexity index is 398. The zero-order valence-corrected chi connectivity index (χ0v) is 12.3. The molecule has 1 atom stereocenters. The quantitative estimate of drug-likeness (QED) is 0.599. The highest BCUT2D eigenvalue weighted by molar-refractivity contribution is 9.10. The molecule has 1 rings (SSSR count). The molecule has 17 heavy (non-hydrogen) atoms. The van der Waals surface area contributed by atoms with Crippen LogP contribution >= 0.6 is 27.5 Å². The summed E-state index contributed by atoms with van der Waals surface area (Å²) in [7, 11) is 0. The van der Waals surface area contributed by atoms with Crippen molar-refractivity contribution in [3.8, 4) is 12.3 Å². The average molecular weight is 315 g/mol. The van der Waals surface area contributed by atoms with Gasteiger partial charge in [0.1, 0.15) is 0 Å². The molecule has 1 aromatic carbocycles. The Morgan fingerprint density at radius 2 is 2.29 bits per heavy atom. The zero-order chi connectivity index (χ0) is 12.7. The van der Waals surface area contributed by atoms with Gasteiger partial charge in [-0.25, -0.2) is 0 Å². The lowest BCUT2D eigenvalue weighted by atomic mass is 10.0. The van der Waals surface area contributed by atoms with Crippen LogP contribution in [0, 0.1) is 12.3 Å². The summed E-state index contributed by atoms with van der Waals surface area (Å²) in [4.78, 5) is 0. The normalized spacial score (nSPS) is 12.1. The number of hydrogen-bond donors (Lipinski definition) is 1. The van der Waals surface area contributed by atoms with Crippen molar-refractivity contribution >= 4 is 27.5 Å². The monoisotopic (exact) mass is 313 g/mol. The molecule has 92 valence electrons. The topological polar surface area (TPSA) is 12.0 Å². The first kappa shape index (κ1) is 14.6. The third kappa shape index (κ3) is 4.71. The second kappa shape index (κ2) is 7.76. The van der Waals surface area contributed by atoms with Gasteiger partial charge in [-0.2, -0.15) is 0 Å². The Morgan fingerprint density at radius 1 is 1.53 bits per heavy atom. The van der Waals surface area contributed by atoms with E-state index in [4.69, 9.17) is 18.0 Å². The summed E-state index contributed by atoms with van der Waals surface area (Å²) in [5.74, 6) is 2.68. The summed E-state index contributed by atoms with van der Waals surface area (Å²) in [6.45, 7) is 3.06. The van der Waals surface area contributed by atoms with Crippen molar-refractivity contribution in [2.45, 2.75) is 32.2 Å².